The molecule has 0 aromatic heterocycles. The Balaban J connectivity index is 2.12. The van der Waals surface area contributed by atoms with Crippen molar-refractivity contribution in [1.29, 1.82) is 0 Å². The molecule has 1 aliphatic heterocycles. The van der Waals surface area contributed by atoms with Crippen molar-refractivity contribution in [3.05, 3.63) is 0 Å². The highest BCUT2D eigenvalue weighted by Gasteiger charge is 2.25. The first kappa shape index (κ1) is 13.9. The largest absolute Gasteiger partial charge is 0.394 e. The van der Waals surface area contributed by atoms with E-state index in [2.05, 4.69) is 13.8 Å². The van der Waals surface area contributed by atoms with Gasteiger partial charge in [-0.25, -0.2) is 0 Å². The summed E-state index contributed by atoms with van der Waals surface area (Å²) >= 11 is 0. The van der Waals surface area contributed by atoms with Crippen molar-refractivity contribution in [2.75, 3.05) is 19.8 Å². The van der Waals surface area contributed by atoms with E-state index in [0.717, 1.165) is 13.0 Å². The second-order valence-corrected chi connectivity index (χ2v) is 4.75. The molecule has 3 nitrogen and oxygen atoms in total. The summed E-state index contributed by atoms with van der Waals surface area (Å²) in [6.45, 7) is 6.07. The number of ether oxygens (including phenoxy) is 2. The molecule has 3 heteroatoms. The number of hydrogen-bond acceptors (Lipinski definition) is 3. The fraction of sp³-hybridized carbons (Fsp3) is 1.00. The molecule has 96 valence electrons. The Kier molecular flexibility index (Phi) is 7.01. The summed E-state index contributed by atoms with van der Waals surface area (Å²) in [6.07, 6.45) is 6.06. The summed E-state index contributed by atoms with van der Waals surface area (Å²) in [5.74, 6) is 0.688. The number of hydrogen-bond donors (Lipinski definition) is 1. The van der Waals surface area contributed by atoms with Crippen LogP contribution in [0.5, 0.6) is 0 Å². The lowest BCUT2D eigenvalue weighted by molar-refractivity contribution is 0.0128. The minimum Gasteiger partial charge on any atom is -0.394 e. The van der Waals surface area contributed by atoms with Gasteiger partial charge in [-0.1, -0.05) is 33.1 Å². The maximum absolute atomic E-state index is 8.94. The van der Waals surface area contributed by atoms with E-state index in [1.807, 2.05) is 0 Å². The Bertz CT molecular complexity index is 171. The first-order valence-electron chi connectivity index (χ1n) is 6.64. The molecule has 16 heavy (non-hydrogen) atoms. The van der Waals surface area contributed by atoms with Gasteiger partial charge in [-0.15, -0.1) is 0 Å². The third-order valence-electron chi connectivity index (χ3n) is 3.36. The van der Waals surface area contributed by atoms with Gasteiger partial charge in [0.25, 0.3) is 0 Å². The van der Waals surface area contributed by atoms with Crippen LogP contribution in [0.3, 0.4) is 0 Å². The van der Waals surface area contributed by atoms with E-state index in [1.54, 1.807) is 0 Å². The molecule has 0 aromatic carbocycles. The summed E-state index contributed by atoms with van der Waals surface area (Å²) in [5, 5.41) is 8.94. The van der Waals surface area contributed by atoms with Crippen LogP contribution in [-0.2, 0) is 9.47 Å². The van der Waals surface area contributed by atoms with Crippen LogP contribution in [0, 0.1) is 5.92 Å². The quantitative estimate of drug-likeness (QED) is 0.695. The predicted octanol–water partition coefficient (Wildman–Crippen LogP) is 2.37. The van der Waals surface area contributed by atoms with Gasteiger partial charge in [0.15, 0.2) is 0 Å². The van der Waals surface area contributed by atoms with Crippen LogP contribution in [0.4, 0.5) is 0 Å². The zero-order valence-electron chi connectivity index (χ0n) is 10.7. The second kappa shape index (κ2) is 8.04. The molecule has 1 saturated heterocycles. The third-order valence-corrected chi connectivity index (χ3v) is 3.36. The van der Waals surface area contributed by atoms with Gasteiger partial charge in [-0.2, -0.15) is 0 Å². The van der Waals surface area contributed by atoms with Crippen LogP contribution in [0.1, 0.15) is 46.0 Å². The van der Waals surface area contributed by atoms with E-state index in [-0.39, 0.29) is 18.8 Å². The molecule has 0 saturated carbocycles. The Labute approximate surface area is 99.1 Å². The molecule has 1 unspecified atom stereocenters. The monoisotopic (exact) mass is 230 g/mol. The molecule has 0 aliphatic carbocycles. The van der Waals surface area contributed by atoms with Crippen LogP contribution in [0.2, 0.25) is 0 Å². The summed E-state index contributed by atoms with van der Waals surface area (Å²) in [4.78, 5) is 0. The summed E-state index contributed by atoms with van der Waals surface area (Å²) < 4.78 is 11.2. The molecule has 0 bridgehead atoms. The summed E-state index contributed by atoms with van der Waals surface area (Å²) in [5.41, 5.74) is 0. The molecule has 0 spiro atoms. The van der Waals surface area contributed by atoms with Crippen LogP contribution in [0.25, 0.3) is 0 Å². The van der Waals surface area contributed by atoms with Crippen molar-refractivity contribution in [3.8, 4) is 0 Å². The molecular formula is C13H26O3. The summed E-state index contributed by atoms with van der Waals surface area (Å²) in [7, 11) is 0. The maximum atomic E-state index is 8.94. The zero-order valence-corrected chi connectivity index (χ0v) is 10.7. The fourth-order valence-corrected chi connectivity index (χ4v) is 2.09. The molecule has 1 aliphatic rings. The Morgan fingerprint density at radius 3 is 2.81 bits per heavy atom. The van der Waals surface area contributed by atoms with E-state index in [9.17, 15) is 0 Å². The molecular weight excluding hydrogens is 204 g/mol. The van der Waals surface area contributed by atoms with Gasteiger partial charge < -0.3 is 14.6 Å². The number of aliphatic hydroxyl groups excluding tert-OH is 1. The van der Waals surface area contributed by atoms with Crippen molar-refractivity contribution in [2.24, 2.45) is 5.92 Å². The first-order valence-corrected chi connectivity index (χ1v) is 6.64. The van der Waals surface area contributed by atoms with Gasteiger partial charge >= 0.3 is 0 Å². The van der Waals surface area contributed by atoms with Crippen molar-refractivity contribution in [1.82, 2.24) is 0 Å². The van der Waals surface area contributed by atoms with Crippen molar-refractivity contribution < 1.29 is 14.6 Å². The second-order valence-electron chi connectivity index (χ2n) is 4.75. The van der Waals surface area contributed by atoms with Crippen LogP contribution >= 0.6 is 0 Å². The lowest BCUT2D eigenvalue weighted by Gasteiger charge is -2.17. The SMILES string of the molecule is CCCCC(CC)CO[C@H]1CO[C@@H](CO)C1. The lowest BCUT2D eigenvalue weighted by atomic mass is 10.0. The minimum atomic E-state index is 0.000665. The molecule has 1 heterocycles. The van der Waals surface area contributed by atoms with Crippen LogP contribution in [0.15, 0.2) is 0 Å². The normalized spacial score (nSPS) is 27.2. The van der Waals surface area contributed by atoms with Gasteiger partial charge in [-0.3, -0.25) is 0 Å². The smallest absolute Gasteiger partial charge is 0.0834 e. The standard InChI is InChI=1S/C13H26O3/c1-3-5-6-11(4-2)9-15-13-7-12(8-14)16-10-13/h11-14H,3-10H2,1-2H3/t11?,12-,13-/m1/s1. The van der Waals surface area contributed by atoms with E-state index >= 15 is 0 Å². The molecule has 1 rings (SSSR count). The van der Waals surface area contributed by atoms with Crippen LogP contribution < -0.4 is 0 Å². The Morgan fingerprint density at radius 1 is 1.44 bits per heavy atom. The molecule has 0 aromatic rings. The molecule has 3 atom stereocenters. The number of unbranched alkanes of at least 4 members (excludes halogenated alkanes) is 1. The average molecular weight is 230 g/mol. The summed E-state index contributed by atoms with van der Waals surface area (Å²) in [6, 6.07) is 0. The molecule has 0 amide bonds. The van der Waals surface area contributed by atoms with Crippen molar-refractivity contribution in [2.45, 2.75) is 58.2 Å². The average Bonchev–Trinajstić information content (AvgIpc) is 2.77. The highest BCUT2D eigenvalue weighted by atomic mass is 16.6. The molecule has 0 radical (unpaired) electrons. The van der Waals surface area contributed by atoms with Gasteiger partial charge in [-0.05, 0) is 12.3 Å². The molecule has 1 fully saturated rings. The highest BCUT2D eigenvalue weighted by Crippen LogP contribution is 2.19. The van der Waals surface area contributed by atoms with Crippen molar-refractivity contribution in [3.63, 3.8) is 0 Å². The van der Waals surface area contributed by atoms with Crippen LogP contribution in [-0.4, -0.2) is 37.1 Å². The fourth-order valence-electron chi connectivity index (χ4n) is 2.09. The van der Waals surface area contributed by atoms with Crippen molar-refractivity contribution >= 4 is 0 Å². The van der Waals surface area contributed by atoms with Gasteiger partial charge in [0.1, 0.15) is 0 Å². The van der Waals surface area contributed by atoms with E-state index in [1.165, 1.54) is 25.7 Å². The first-order chi connectivity index (χ1) is 7.80. The topological polar surface area (TPSA) is 38.7 Å². The van der Waals surface area contributed by atoms with E-state index in [0.29, 0.717) is 12.5 Å². The molecule has 1 N–H and O–H groups in total. The predicted molar refractivity (Wildman–Crippen MR) is 64.5 cm³/mol. The van der Waals surface area contributed by atoms with E-state index < -0.39 is 0 Å². The van der Waals surface area contributed by atoms with Gasteiger partial charge in [0.05, 0.1) is 25.4 Å². The maximum Gasteiger partial charge on any atom is 0.0834 e. The van der Waals surface area contributed by atoms with Gasteiger partial charge in [0.2, 0.25) is 0 Å². The Hall–Kier alpha value is -0.120. The third kappa shape index (κ3) is 4.81. The number of rotatable bonds is 8. The highest BCUT2D eigenvalue weighted by molar-refractivity contribution is 4.73. The minimum absolute atomic E-state index is 0.000665. The number of aliphatic hydroxyl groups is 1. The van der Waals surface area contributed by atoms with E-state index in [4.69, 9.17) is 14.6 Å². The zero-order chi connectivity index (χ0) is 11.8. The Morgan fingerprint density at radius 2 is 2.25 bits per heavy atom. The van der Waals surface area contributed by atoms with Gasteiger partial charge in [0, 0.05) is 13.0 Å². The lowest BCUT2D eigenvalue weighted by Crippen LogP contribution is -2.19.